The van der Waals surface area contributed by atoms with Crippen molar-refractivity contribution >= 4 is 5.91 Å². The molecule has 0 aromatic heterocycles. The second kappa shape index (κ2) is 7.74. The van der Waals surface area contributed by atoms with E-state index in [1.54, 1.807) is 0 Å². The van der Waals surface area contributed by atoms with Crippen LogP contribution in [-0.4, -0.2) is 49.2 Å². The molecule has 0 aromatic carbocycles. The van der Waals surface area contributed by atoms with E-state index >= 15 is 0 Å². The smallest absolute Gasteiger partial charge is 0.239 e. The number of nitrogens with zero attached hydrogens (tertiary/aromatic N) is 1. The number of ether oxygens (including phenoxy) is 1. The lowest BCUT2D eigenvalue weighted by Crippen LogP contribution is -2.46. The van der Waals surface area contributed by atoms with Crippen molar-refractivity contribution in [3.63, 3.8) is 0 Å². The van der Waals surface area contributed by atoms with E-state index in [1.807, 2.05) is 25.7 Å². The van der Waals surface area contributed by atoms with Crippen molar-refractivity contribution in [2.75, 3.05) is 26.2 Å². The first-order chi connectivity index (χ1) is 8.63. The van der Waals surface area contributed by atoms with Crippen LogP contribution in [0, 0.1) is 5.92 Å². The zero-order valence-electron chi connectivity index (χ0n) is 12.2. The molecule has 1 amide bonds. The van der Waals surface area contributed by atoms with Crippen LogP contribution in [0.3, 0.4) is 0 Å². The summed E-state index contributed by atoms with van der Waals surface area (Å²) >= 11 is 0. The van der Waals surface area contributed by atoms with Crippen LogP contribution in [0.25, 0.3) is 0 Å². The third kappa shape index (κ3) is 3.95. The Morgan fingerprint density at radius 2 is 2.06 bits per heavy atom. The summed E-state index contributed by atoms with van der Waals surface area (Å²) in [7, 11) is 0. The van der Waals surface area contributed by atoms with Crippen LogP contribution in [0.5, 0.6) is 0 Å². The molecule has 0 bridgehead atoms. The molecule has 0 aromatic rings. The minimum atomic E-state index is -0.0944. The topological polar surface area (TPSA) is 41.6 Å². The van der Waals surface area contributed by atoms with Gasteiger partial charge in [0, 0.05) is 26.2 Å². The molecule has 1 fully saturated rings. The van der Waals surface area contributed by atoms with Crippen molar-refractivity contribution in [2.45, 2.75) is 52.7 Å². The molecule has 0 radical (unpaired) electrons. The minimum Gasteiger partial charge on any atom is -0.378 e. The fourth-order valence-corrected chi connectivity index (χ4v) is 2.60. The van der Waals surface area contributed by atoms with Crippen molar-refractivity contribution < 1.29 is 9.53 Å². The maximum atomic E-state index is 12.1. The summed E-state index contributed by atoms with van der Waals surface area (Å²) in [4.78, 5) is 14.0. The zero-order chi connectivity index (χ0) is 13.5. The molecule has 4 heteroatoms. The van der Waals surface area contributed by atoms with Crippen LogP contribution in [0.15, 0.2) is 0 Å². The summed E-state index contributed by atoms with van der Waals surface area (Å²) in [5.74, 6) is 0.758. The molecule has 1 aliphatic rings. The average molecular weight is 256 g/mol. The Morgan fingerprint density at radius 1 is 1.39 bits per heavy atom. The Kier molecular flexibility index (Phi) is 6.65. The van der Waals surface area contributed by atoms with Gasteiger partial charge in [-0.25, -0.2) is 0 Å². The molecule has 1 aliphatic heterocycles. The molecular weight excluding hydrogens is 228 g/mol. The van der Waals surface area contributed by atoms with Crippen molar-refractivity contribution in [3.8, 4) is 0 Å². The van der Waals surface area contributed by atoms with Gasteiger partial charge in [-0.3, -0.25) is 4.79 Å². The Labute approximate surface area is 111 Å². The first kappa shape index (κ1) is 15.4. The van der Waals surface area contributed by atoms with E-state index < -0.39 is 0 Å². The highest BCUT2D eigenvalue weighted by Crippen LogP contribution is 2.22. The number of carbonyl (C=O) groups is 1. The fourth-order valence-electron chi connectivity index (χ4n) is 2.60. The van der Waals surface area contributed by atoms with E-state index in [0.717, 1.165) is 39.1 Å². The van der Waals surface area contributed by atoms with Gasteiger partial charge in [0.05, 0.1) is 12.1 Å². The predicted molar refractivity (Wildman–Crippen MR) is 73.5 cm³/mol. The van der Waals surface area contributed by atoms with Crippen molar-refractivity contribution in [1.82, 2.24) is 10.2 Å². The molecule has 0 spiro atoms. The molecule has 1 saturated heterocycles. The van der Waals surface area contributed by atoms with Gasteiger partial charge in [0.25, 0.3) is 0 Å². The van der Waals surface area contributed by atoms with Crippen molar-refractivity contribution in [2.24, 2.45) is 5.92 Å². The molecule has 3 atom stereocenters. The molecule has 106 valence electrons. The van der Waals surface area contributed by atoms with E-state index in [0.29, 0.717) is 12.0 Å². The van der Waals surface area contributed by atoms with E-state index in [9.17, 15) is 4.79 Å². The van der Waals surface area contributed by atoms with Gasteiger partial charge >= 0.3 is 0 Å². The van der Waals surface area contributed by atoms with Gasteiger partial charge in [0.2, 0.25) is 5.91 Å². The Hall–Kier alpha value is -0.610. The molecule has 1 rings (SSSR count). The van der Waals surface area contributed by atoms with E-state index in [1.165, 1.54) is 0 Å². The van der Waals surface area contributed by atoms with Crippen LogP contribution in [-0.2, 0) is 9.53 Å². The number of hydrogen-bond acceptors (Lipinski definition) is 3. The van der Waals surface area contributed by atoms with E-state index in [-0.39, 0.29) is 11.9 Å². The predicted octanol–water partition coefficient (Wildman–Crippen LogP) is 1.65. The third-order valence-corrected chi connectivity index (χ3v) is 3.88. The minimum absolute atomic E-state index is 0.0944. The summed E-state index contributed by atoms with van der Waals surface area (Å²) in [6, 6.07) is -0.0944. The van der Waals surface area contributed by atoms with Crippen LogP contribution in [0.4, 0.5) is 0 Å². The second-order valence-corrected chi connectivity index (χ2v) is 5.01. The van der Waals surface area contributed by atoms with Gasteiger partial charge in [0.1, 0.15) is 0 Å². The summed E-state index contributed by atoms with van der Waals surface area (Å²) in [5.41, 5.74) is 0. The highest BCUT2D eigenvalue weighted by atomic mass is 16.5. The summed E-state index contributed by atoms with van der Waals surface area (Å²) in [6.45, 7) is 11.5. The number of amides is 1. The van der Waals surface area contributed by atoms with Crippen molar-refractivity contribution in [1.29, 1.82) is 0 Å². The lowest BCUT2D eigenvalue weighted by molar-refractivity contribution is -0.132. The largest absolute Gasteiger partial charge is 0.378 e. The molecule has 0 saturated carbocycles. The van der Waals surface area contributed by atoms with E-state index in [2.05, 4.69) is 12.2 Å². The van der Waals surface area contributed by atoms with Gasteiger partial charge in [0.15, 0.2) is 0 Å². The molecule has 4 nitrogen and oxygen atoms in total. The second-order valence-electron chi connectivity index (χ2n) is 5.01. The van der Waals surface area contributed by atoms with Crippen LogP contribution in [0.1, 0.15) is 40.5 Å². The van der Waals surface area contributed by atoms with Gasteiger partial charge in [-0.05, 0) is 39.5 Å². The maximum Gasteiger partial charge on any atom is 0.239 e. The first-order valence-electron chi connectivity index (χ1n) is 7.27. The number of likely N-dealkylation sites (N-methyl/N-ethyl adjacent to an activating group) is 1. The average Bonchev–Trinajstić information content (AvgIpc) is 2.84. The lowest BCUT2D eigenvalue weighted by Gasteiger charge is -2.25. The maximum absolute atomic E-state index is 12.1. The van der Waals surface area contributed by atoms with Gasteiger partial charge in [-0.1, -0.05) is 6.92 Å². The number of nitrogens with one attached hydrogen (secondary N) is 1. The molecule has 3 unspecified atom stereocenters. The van der Waals surface area contributed by atoms with Crippen molar-refractivity contribution in [3.05, 3.63) is 0 Å². The molecule has 18 heavy (non-hydrogen) atoms. The normalized spacial score (nSPS) is 25.1. The lowest BCUT2D eigenvalue weighted by atomic mass is 9.99. The summed E-state index contributed by atoms with van der Waals surface area (Å²) in [5, 5.41) is 3.37. The quantitative estimate of drug-likeness (QED) is 0.753. The highest BCUT2D eigenvalue weighted by molar-refractivity contribution is 5.81. The number of rotatable bonds is 7. The fraction of sp³-hybridized carbons (Fsp3) is 0.929. The standard InChI is InChI=1S/C14H28N2O2/c1-5-13-12(8-9-18-13)10-15-11(4)14(17)16(6-2)7-3/h11-13,15H,5-10H2,1-4H3. The molecular formula is C14H28N2O2. The summed E-state index contributed by atoms with van der Waals surface area (Å²) < 4.78 is 5.66. The Bertz CT molecular complexity index is 254. The van der Waals surface area contributed by atoms with Gasteiger partial charge in [-0.2, -0.15) is 0 Å². The van der Waals surface area contributed by atoms with E-state index in [4.69, 9.17) is 4.74 Å². The molecule has 1 heterocycles. The SMILES string of the molecule is CCC1OCCC1CNC(C)C(=O)N(CC)CC. The van der Waals surface area contributed by atoms with Crippen LogP contribution < -0.4 is 5.32 Å². The van der Waals surface area contributed by atoms with Crippen LogP contribution >= 0.6 is 0 Å². The van der Waals surface area contributed by atoms with Gasteiger partial charge < -0.3 is 15.0 Å². The Morgan fingerprint density at radius 3 is 2.61 bits per heavy atom. The number of hydrogen-bond donors (Lipinski definition) is 1. The Balaban J connectivity index is 2.36. The van der Waals surface area contributed by atoms with Crippen LogP contribution in [0.2, 0.25) is 0 Å². The zero-order valence-corrected chi connectivity index (χ0v) is 12.2. The molecule has 0 aliphatic carbocycles. The first-order valence-corrected chi connectivity index (χ1v) is 7.27. The monoisotopic (exact) mass is 256 g/mol. The highest BCUT2D eigenvalue weighted by Gasteiger charge is 2.27. The number of carbonyl (C=O) groups excluding carboxylic acids is 1. The molecule has 1 N–H and O–H groups in total. The van der Waals surface area contributed by atoms with Gasteiger partial charge in [-0.15, -0.1) is 0 Å². The summed E-state index contributed by atoms with van der Waals surface area (Å²) in [6.07, 6.45) is 2.54. The third-order valence-electron chi connectivity index (χ3n) is 3.88.